The van der Waals surface area contributed by atoms with Gasteiger partial charge in [0, 0.05) is 20.1 Å². The molecule has 1 aliphatic rings. The average Bonchev–Trinajstić information content (AvgIpc) is 2.98. The van der Waals surface area contributed by atoms with Crippen molar-refractivity contribution in [2.75, 3.05) is 20.2 Å². The van der Waals surface area contributed by atoms with Crippen LogP contribution in [0.2, 0.25) is 0 Å². The molecule has 0 radical (unpaired) electrons. The summed E-state index contributed by atoms with van der Waals surface area (Å²) in [7, 11) is 1.69. The lowest BCUT2D eigenvalue weighted by atomic mass is 10.0. The van der Waals surface area contributed by atoms with Crippen LogP contribution in [0.1, 0.15) is 30.4 Å². The first kappa shape index (κ1) is 15.0. The van der Waals surface area contributed by atoms with E-state index < -0.39 is 0 Å². The summed E-state index contributed by atoms with van der Waals surface area (Å²) < 4.78 is 5.07. The zero-order chi connectivity index (χ0) is 14.2. The van der Waals surface area contributed by atoms with Crippen LogP contribution >= 0.6 is 0 Å². The minimum Gasteiger partial charge on any atom is -0.380 e. The van der Waals surface area contributed by atoms with Crippen molar-refractivity contribution in [1.29, 1.82) is 0 Å². The average molecular weight is 276 g/mol. The van der Waals surface area contributed by atoms with E-state index in [2.05, 4.69) is 10.6 Å². The quantitative estimate of drug-likeness (QED) is 0.799. The number of carbonyl (C=O) groups excluding carboxylic acids is 1. The first-order valence-electron chi connectivity index (χ1n) is 7.32. The van der Waals surface area contributed by atoms with Crippen molar-refractivity contribution in [2.45, 2.75) is 32.4 Å². The number of hydrogen-bond acceptors (Lipinski definition) is 3. The third-order valence-electron chi connectivity index (χ3n) is 3.77. The van der Waals surface area contributed by atoms with Gasteiger partial charge in [-0.2, -0.15) is 0 Å². The Labute approximate surface area is 120 Å². The molecule has 2 rings (SSSR count). The van der Waals surface area contributed by atoms with Crippen molar-refractivity contribution >= 4 is 5.91 Å². The maximum Gasteiger partial charge on any atom is 0.220 e. The monoisotopic (exact) mass is 276 g/mol. The smallest absolute Gasteiger partial charge is 0.220 e. The molecule has 1 fully saturated rings. The van der Waals surface area contributed by atoms with Gasteiger partial charge in [-0.05, 0) is 43.0 Å². The fourth-order valence-electron chi connectivity index (χ4n) is 2.51. The van der Waals surface area contributed by atoms with Crippen LogP contribution in [0, 0.1) is 5.92 Å². The lowest BCUT2D eigenvalue weighted by Gasteiger charge is -2.09. The van der Waals surface area contributed by atoms with Crippen LogP contribution in [-0.2, 0) is 22.7 Å². The second-order valence-corrected chi connectivity index (χ2v) is 5.42. The summed E-state index contributed by atoms with van der Waals surface area (Å²) in [6.07, 6.45) is 2.83. The number of carbonyl (C=O) groups is 1. The molecule has 20 heavy (non-hydrogen) atoms. The number of nitrogens with one attached hydrogen (secondary N) is 2. The van der Waals surface area contributed by atoms with Gasteiger partial charge in [-0.15, -0.1) is 0 Å². The molecular weight excluding hydrogens is 252 g/mol. The van der Waals surface area contributed by atoms with Gasteiger partial charge in [0.1, 0.15) is 0 Å². The number of hydrogen-bond donors (Lipinski definition) is 2. The van der Waals surface area contributed by atoms with Crippen molar-refractivity contribution in [2.24, 2.45) is 5.92 Å². The van der Waals surface area contributed by atoms with E-state index in [1.807, 2.05) is 24.3 Å². The molecule has 1 heterocycles. The van der Waals surface area contributed by atoms with E-state index >= 15 is 0 Å². The Morgan fingerprint density at radius 1 is 1.35 bits per heavy atom. The van der Waals surface area contributed by atoms with Crippen molar-refractivity contribution in [3.63, 3.8) is 0 Å². The molecule has 0 spiro atoms. The number of methoxy groups -OCH3 is 1. The summed E-state index contributed by atoms with van der Waals surface area (Å²) in [5, 5.41) is 6.31. The molecule has 1 aliphatic heterocycles. The molecule has 1 saturated heterocycles. The third-order valence-corrected chi connectivity index (χ3v) is 3.77. The molecule has 110 valence electrons. The molecule has 1 amide bonds. The van der Waals surface area contributed by atoms with Gasteiger partial charge >= 0.3 is 0 Å². The van der Waals surface area contributed by atoms with E-state index in [1.165, 1.54) is 6.42 Å². The second kappa shape index (κ2) is 8.02. The number of rotatable bonds is 7. The van der Waals surface area contributed by atoms with Crippen molar-refractivity contribution in [3.8, 4) is 0 Å². The zero-order valence-corrected chi connectivity index (χ0v) is 12.2. The number of ether oxygens (including phenoxy) is 1. The van der Waals surface area contributed by atoms with E-state index in [9.17, 15) is 4.79 Å². The van der Waals surface area contributed by atoms with Crippen LogP contribution in [0.25, 0.3) is 0 Å². The molecule has 0 aromatic heterocycles. The normalized spacial score (nSPS) is 18.1. The highest BCUT2D eigenvalue weighted by Crippen LogP contribution is 2.14. The topological polar surface area (TPSA) is 50.4 Å². The number of benzene rings is 1. The summed E-state index contributed by atoms with van der Waals surface area (Å²) in [5.41, 5.74) is 2.28. The predicted octanol–water partition coefficient (Wildman–Crippen LogP) is 1.84. The summed E-state index contributed by atoms with van der Waals surface area (Å²) >= 11 is 0. The molecule has 1 atom stereocenters. The van der Waals surface area contributed by atoms with Gasteiger partial charge in [0.25, 0.3) is 0 Å². The molecule has 4 nitrogen and oxygen atoms in total. The maximum atomic E-state index is 11.8. The summed E-state index contributed by atoms with van der Waals surface area (Å²) in [5.74, 6) is 0.826. The van der Waals surface area contributed by atoms with Crippen molar-refractivity contribution < 1.29 is 9.53 Å². The second-order valence-electron chi connectivity index (χ2n) is 5.42. The van der Waals surface area contributed by atoms with E-state index in [0.717, 1.165) is 30.6 Å². The van der Waals surface area contributed by atoms with E-state index in [0.29, 0.717) is 25.5 Å². The highest BCUT2D eigenvalue weighted by Gasteiger charge is 2.15. The first-order valence-corrected chi connectivity index (χ1v) is 7.32. The fourth-order valence-corrected chi connectivity index (χ4v) is 2.51. The summed E-state index contributed by atoms with van der Waals surface area (Å²) in [4.78, 5) is 11.8. The minimum absolute atomic E-state index is 0.151. The molecule has 4 heteroatoms. The van der Waals surface area contributed by atoms with Gasteiger partial charge in [0.15, 0.2) is 0 Å². The largest absolute Gasteiger partial charge is 0.380 e. The van der Waals surface area contributed by atoms with Crippen molar-refractivity contribution in [1.82, 2.24) is 10.6 Å². The summed E-state index contributed by atoms with van der Waals surface area (Å²) in [6.45, 7) is 3.39. The highest BCUT2D eigenvalue weighted by molar-refractivity contribution is 5.75. The third kappa shape index (κ3) is 4.94. The molecule has 2 N–H and O–H groups in total. The van der Waals surface area contributed by atoms with Gasteiger partial charge < -0.3 is 15.4 Å². The molecule has 1 aromatic carbocycles. The zero-order valence-electron chi connectivity index (χ0n) is 12.2. The highest BCUT2D eigenvalue weighted by atomic mass is 16.5. The van der Waals surface area contributed by atoms with Gasteiger partial charge in [0.2, 0.25) is 5.91 Å². The maximum absolute atomic E-state index is 11.8. The van der Waals surface area contributed by atoms with Gasteiger partial charge in [-0.1, -0.05) is 24.3 Å². The molecule has 0 saturated carbocycles. The summed E-state index contributed by atoms with van der Waals surface area (Å²) in [6, 6.07) is 8.15. The Kier molecular flexibility index (Phi) is 6.02. The number of amides is 1. The lowest BCUT2D eigenvalue weighted by molar-refractivity contribution is -0.121. The van der Waals surface area contributed by atoms with Crippen LogP contribution < -0.4 is 10.6 Å². The standard InChI is InChI=1S/C16H24N2O2/c1-20-12-15-4-2-13(3-5-15)11-18-16(19)7-6-14-8-9-17-10-14/h2-5,14,17H,6-12H2,1H3,(H,18,19)/t14-/m0/s1. The SMILES string of the molecule is COCc1ccc(CNC(=O)CC[C@H]2CCNC2)cc1. The molecule has 0 unspecified atom stereocenters. The van der Waals surface area contributed by atoms with Crippen molar-refractivity contribution in [3.05, 3.63) is 35.4 Å². The molecule has 0 bridgehead atoms. The van der Waals surface area contributed by atoms with Crippen LogP contribution in [0.15, 0.2) is 24.3 Å². The molecule has 0 aliphatic carbocycles. The Hall–Kier alpha value is -1.39. The van der Waals surface area contributed by atoms with Crippen LogP contribution in [0.4, 0.5) is 0 Å². The van der Waals surface area contributed by atoms with E-state index in [4.69, 9.17) is 4.74 Å². The Morgan fingerprint density at radius 2 is 2.10 bits per heavy atom. The Bertz CT molecular complexity index is 411. The Balaban J connectivity index is 1.66. The lowest BCUT2D eigenvalue weighted by Crippen LogP contribution is -2.23. The molecular formula is C16H24N2O2. The van der Waals surface area contributed by atoms with Crippen LogP contribution in [0.5, 0.6) is 0 Å². The van der Waals surface area contributed by atoms with Gasteiger partial charge in [0.05, 0.1) is 6.61 Å². The predicted molar refractivity (Wildman–Crippen MR) is 79.2 cm³/mol. The van der Waals surface area contributed by atoms with E-state index in [-0.39, 0.29) is 5.91 Å². The Morgan fingerprint density at radius 3 is 2.75 bits per heavy atom. The first-order chi connectivity index (χ1) is 9.78. The van der Waals surface area contributed by atoms with Gasteiger partial charge in [-0.3, -0.25) is 4.79 Å². The fraction of sp³-hybridized carbons (Fsp3) is 0.562. The molecule has 1 aromatic rings. The van der Waals surface area contributed by atoms with Crippen LogP contribution in [0.3, 0.4) is 0 Å². The van der Waals surface area contributed by atoms with Gasteiger partial charge in [-0.25, -0.2) is 0 Å². The van der Waals surface area contributed by atoms with E-state index in [1.54, 1.807) is 7.11 Å². The van der Waals surface area contributed by atoms with Crippen LogP contribution in [-0.4, -0.2) is 26.1 Å². The minimum atomic E-state index is 0.151.